The summed E-state index contributed by atoms with van der Waals surface area (Å²) < 4.78 is 0. The second-order valence-corrected chi connectivity index (χ2v) is 2.06. The molecule has 4 nitrogen and oxygen atoms in total. The maximum absolute atomic E-state index is 10.1. The standard InChI is InChI=1S/C5H8O4S/c1-2-5(10)9-8-4(7)3-6/h3,5,10H,2H2,1H3. The number of hydrogen-bond donors (Lipinski definition) is 1. The van der Waals surface area contributed by atoms with Crippen LogP contribution in [0.15, 0.2) is 0 Å². The maximum atomic E-state index is 10.1. The van der Waals surface area contributed by atoms with E-state index in [4.69, 9.17) is 0 Å². The van der Waals surface area contributed by atoms with Gasteiger partial charge in [-0.3, -0.25) is 9.68 Å². The van der Waals surface area contributed by atoms with Gasteiger partial charge in [0.1, 0.15) is 5.44 Å². The molecule has 0 N–H and O–H groups in total. The summed E-state index contributed by atoms with van der Waals surface area (Å²) in [5.74, 6) is -1.05. The van der Waals surface area contributed by atoms with Crippen molar-refractivity contribution in [2.75, 3.05) is 0 Å². The van der Waals surface area contributed by atoms with Crippen LogP contribution in [0, 0.1) is 0 Å². The Morgan fingerprint density at radius 1 is 1.80 bits per heavy atom. The molecule has 0 rings (SSSR count). The van der Waals surface area contributed by atoms with Gasteiger partial charge in [0.05, 0.1) is 0 Å². The van der Waals surface area contributed by atoms with Gasteiger partial charge < -0.3 is 0 Å². The summed E-state index contributed by atoms with van der Waals surface area (Å²) in [6.45, 7) is 1.80. The Morgan fingerprint density at radius 2 is 2.40 bits per heavy atom. The summed E-state index contributed by atoms with van der Waals surface area (Å²) >= 11 is 3.83. The van der Waals surface area contributed by atoms with Crippen LogP contribution in [0.3, 0.4) is 0 Å². The van der Waals surface area contributed by atoms with Crippen LogP contribution in [0.1, 0.15) is 13.3 Å². The molecule has 0 radical (unpaired) electrons. The fourth-order valence-electron chi connectivity index (χ4n) is 0.191. The highest BCUT2D eigenvalue weighted by Crippen LogP contribution is 2.01. The third kappa shape index (κ3) is 4.34. The van der Waals surface area contributed by atoms with Gasteiger partial charge in [-0.05, 0) is 6.42 Å². The number of carbonyl (C=O) groups is 2. The van der Waals surface area contributed by atoms with Crippen LogP contribution in [0.25, 0.3) is 0 Å². The first-order valence-corrected chi connectivity index (χ1v) is 3.22. The Morgan fingerprint density at radius 3 is 2.80 bits per heavy atom. The zero-order valence-electron chi connectivity index (χ0n) is 5.44. The molecule has 10 heavy (non-hydrogen) atoms. The highest BCUT2D eigenvalue weighted by molar-refractivity contribution is 7.80. The van der Waals surface area contributed by atoms with Crippen molar-refractivity contribution in [2.24, 2.45) is 0 Å². The van der Waals surface area contributed by atoms with E-state index in [-0.39, 0.29) is 6.29 Å². The lowest BCUT2D eigenvalue weighted by atomic mass is 10.5. The van der Waals surface area contributed by atoms with Crippen molar-refractivity contribution < 1.29 is 19.4 Å². The van der Waals surface area contributed by atoms with Crippen molar-refractivity contribution in [3.63, 3.8) is 0 Å². The van der Waals surface area contributed by atoms with Gasteiger partial charge in [-0.15, -0.1) is 12.6 Å². The number of aldehydes is 1. The minimum absolute atomic E-state index is 0.0240. The quantitative estimate of drug-likeness (QED) is 0.162. The third-order valence-electron chi connectivity index (χ3n) is 0.687. The summed E-state index contributed by atoms with van der Waals surface area (Å²) in [6, 6.07) is 0. The molecule has 0 aliphatic rings. The minimum atomic E-state index is -1.05. The Bertz CT molecular complexity index is 125. The van der Waals surface area contributed by atoms with Gasteiger partial charge in [0.2, 0.25) is 6.29 Å². The molecule has 1 atom stereocenters. The van der Waals surface area contributed by atoms with Crippen LogP contribution in [0.5, 0.6) is 0 Å². The van der Waals surface area contributed by atoms with Crippen molar-refractivity contribution in [1.29, 1.82) is 0 Å². The van der Waals surface area contributed by atoms with E-state index in [0.717, 1.165) is 0 Å². The zero-order valence-corrected chi connectivity index (χ0v) is 6.34. The molecular formula is C5H8O4S. The Balaban J connectivity index is 3.34. The molecule has 0 aliphatic carbocycles. The van der Waals surface area contributed by atoms with Gasteiger partial charge >= 0.3 is 5.97 Å². The molecule has 0 aromatic carbocycles. The van der Waals surface area contributed by atoms with Crippen LogP contribution in [0.2, 0.25) is 0 Å². The number of hydrogen-bond acceptors (Lipinski definition) is 5. The number of rotatable bonds is 4. The molecular weight excluding hydrogens is 156 g/mol. The van der Waals surface area contributed by atoms with E-state index in [1.165, 1.54) is 0 Å². The molecule has 1 unspecified atom stereocenters. The molecule has 0 saturated carbocycles. The topological polar surface area (TPSA) is 52.6 Å². The second-order valence-electron chi connectivity index (χ2n) is 1.48. The van der Waals surface area contributed by atoms with Gasteiger partial charge in [0.25, 0.3) is 0 Å². The number of carbonyl (C=O) groups excluding carboxylic acids is 2. The molecule has 0 amide bonds. The summed E-state index contributed by atoms with van der Waals surface area (Å²) in [7, 11) is 0. The molecule has 0 bridgehead atoms. The van der Waals surface area contributed by atoms with E-state index in [1.54, 1.807) is 6.92 Å². The molecule has 58 valence electrons. The highest BCUT2D eigenvalue weighted by atomic mass is 32.1. The van der Waals surface area contributed by atoms with Crippen molar-refractivity contribution in [1.82, 2.24) is 0 Å². The van der Waals surface area contributed by atoms with Gasteiger partial charge in [-0.25, -0.2) is 4.79 Å². The summed E-state index contributed by atoms with van der Waals surface area (Å²) in [5.41, 5.74) is -0.469. The maximum Gasteiger partial charge on any atom is 0.405 e. The molecule has 0 aromatic heterocycles. The lowest BCUT2D eigenvalue weighted by Gasteiger charge is -2.04. The highest BCUT2D eigenvalue weighted by Gasteiger charge is 2.04. The van der Waals surface area contributed by atoms with E-state index < -0.39 is 11.4 Å². The molecule has 0 heterocycles. The van der Waals surface area contributed by atoms with E-state index in [0.29, 0.717) is 6.42 Å². The average molecular weight is 164 g/mol. The normalized spacial score (nSPS) is 12.2. The van der Waals surface area contributed by atoms with E-state index >= 15 is 0 Å². The SMILES string of the molecule is CCC(S)OOC(=O)C=O. The summed E-state index contributed by atoms with van der Waals surface area (Å²) in [5, 5.41) is 0. The molecule has 0 fully saturated rings. The van der Waals surface area contributed by atoms with Crippen LogP contribution >= 0.6 is 12.6 Å². The Kier molecular flexibility index (Phi) is 4.96. The van der Waals surface area contributed by atoms with Crippen molar-refractivity contribution in [2.45, 2.75) is 18.8 Å². The molecule has 0 spiro atoms. The van der Waals surface area contributed by atoms with Gasteiger partial charge in [-0.1, -0.05) is 6.92 Å². The van der Waals surface area contributed by atoms with Gasteiger partial charge in [0, 0.05) is 0 Å². The first kappa shape index (κ1) is 9.45. The predicted molar refractivity (Wildman–Crippen MR) is 36.3 cm³/mol. The minimum Gasteiger partial charge on any atom is -0.290 e. The monoisotopic (exact) mass is 164 g/mol. The summed E-state index contributed by atoms with van der Waals surface area (Å²) in [4.78, 5) is 28.0. The van der Waals surface area contributed by atoms with Gasteiger partial charge in [0.15, 0.2) is 0 Å². The van der Waals surface area contributed by atoms with Crippen molar-refractivity contribution in [3.8, 4) is 0 Å². The zero-order chi connectivity index (χ0) is 7.98. The molecule has 0 aromatic rings. The average Bonchev–Trinajstić information content (AvgIpc) is 1.99. The first-order chi connectivity index (χ1) is 4.70. The third-order valence-corrected chi connectivity index (χ3v) is 1.14. The lowest BCUT2D eigenvalue weighted by molar-refractivity contribution is -0.275. The van der Waals surface area contributed by atoms with Gasteiger partial charge in [-0.2, -0.15) is 4.89 Å². The number of thiol groups is 1. The van der Waals surface area contributed by atoms with Crippen LogP contribution in [-0.2, 0) is 19.4 Å². The van der Waals surface area contributed by atoms with Crippen LogP contribution < -0.4 is 0 Å². The predicted octanol–water partition coefficient (Wildman–Crippen LogP) is 0.326. The Labute approximate surface area is 63.8 Å². The second kappa shape index (κ2) is 5.25. The fraction of sp³-hybridized carbons (Fsp3) is 0.600. The molecule has 5 heteroatoms. The van der Waals surface area contributed by atoms with E-state index in [9.17, 15) is 9.59 Å². The Hall–Kier alpha value is -0.550. The fourth-order valence-corrected chi connectivity index (χ4v) is 0.234. The van der Waals surface area contributed by atoms with Crippen molar-refractivity contribution in [3.05, 3.63) is 0 Å². The van der Waals surface area contributed by atoms with Crippen LogP contribution in [0.4, 0.5) is 0 Å². The van der Waals surface area contributed by atoms with E-state index in [2.05, 4.69) is 22.4 Å². The van der Waals surface area contributed by atoms with Crippen molar-refractivity contribution >= 4 is 24.9 Å². The van der Waals surface area contributed by atoms with E-state index in [1.807, 2.05) is 0 Å². The summed E-state index contributed by atoms with van der Waals surface area (Å²) in [6.07, 6.45) is 0.616. The molecule has 0 saturated heterocycles. The smallest absolute Gasteiger partial charge is 0.290 e. The lowest BCUT2D eigenvalue weighted by Crippen LogP contribution is -2.11. The molecule has 0 aliphatic heterocycles. The largest absolute Gasteiger partial charge is 0.405 e. The first-order valence-electron chi connectivity index (χ1n) is 2.71. The van der Waals surface area contributed by atoms with Crippen LogP contribution in [-0.4, -0.2) is 17.7 Å².